The number of rotatable bonds is 5. The van der Waals surface area contributed by atoms with Crippen LogP contribution >= 0.6 is 0 Å². The van der Waals surface area contributed by atoms with Gasteiger partial charge in [-0.3, -0.25) is 19.4 Å². The van der Waals surface area contributed by atoms with Gasteiger partial charge in [-0.05, 0) is 33.1 Å². The number of carboxylic acid groups (broad SMARTS) is 1. The third kappa shape index (κ3) is 3.83. The summed E-state index contributed by atoms with van der Waals surface area (Å²) in [6.07, 6.45) is 3.24. The fourth-order valence-corrected chi connectivity index (χ4v) is 3.82. The normalized spacial score (nSPS) is 19.4. The highest BCUT2D eigenvalue weighted by Crippen LogP contribution is 2.31. The molecule has 1 aliphatic carbocycles. The van der Waals surface area contributed by atoms with Gasteiger partial charge in [-0.1, -0.05) is 19.8 Å². The number of aliphatic carboxylic acids is 1. The Kier molecular flexibility index (Phi) is 5.62. The number of anilines is 1. The highest BCUT2D eigenvalue weighted by molar-refractivity contribution is 5.94. The Morgan fingerprint density at radius 3 is 2.57 bits per heavy atom. The van der Waals surface area contributed by atoms with Gasteiger partial charge >= 0.3 is 5.97 Å². The number of amides is 1. The number of nitrogens with one attached hydrogen (secondary N) is 2. The summed E-state index contributed by atoms with van der Waals surface area (Å²) in [5.74, 6) is -2.01. The molecule has 0 bridgehead atoms. The van der Waals surface area contributed by atoms with Gasteiger partial charge < -0.3 is 10.4 Å². The van der Waals surface area contributed by atoms with Crippen molar-refractivity contribution in [1.82, 2.24) is 19.7 Å². The van der Waals surface area contributed by atoms with Gasteiger partial charge in [0.15, 0.2) is 0 Å². The van der Waals surface area contributed by atoms with E-state index >= 15 is 0 Å². The third-order valence-electron chi connectivity index (χ3n) is 5.27. The molecule has 2 aromatic rings. The number of aromatic nitrogens is 4. The van der Waals surface area contributed by atoms with Crippen molar-refractivity contribution in [2.45, 2.75) is 52.9 Å². The zero-order valence-electron chi connectivity index (χ0n) is 16.3. The standard InChI is InChI=1S/C19H25N5O4/c1-4-12-11(3)20-19(22-16(12)25)24-15(9-10(2)23-24)21-17(26)13-7-5-6-8-14(13)18(27)28/h9,13-14H,4-8H2,1-3H3,(H,21,26)(H,27,28)(H,20,22,25)/t13-,14-/m0/s1. The van der Waals surface area contributed by atoms with E-state index in [1.807, 2.05) is 6.92 Å². The van der Waals surface area contributed by atoms with Gasteiger partial charge in [0.1, 0.15) is 5.82 Å². The molecule has 0 aromatic carbocycles. The average Bonchev–Trinajstić information content (AvgIpc) is 3.01. The molecule has 1 saturated carbocycles. The van der Waals surface area contributed by atoms with Crippen molar-refractivity contribution in [2.24, 2.45) is 11.8 Å². The second-order valence-electron chi connectivity index (χ2n) is 7.21. The molecule has 0 unspecified atom stereocenters. The number of H-pyrrole nitrogens is 1. The second kappa shape index (κ2) is 7.95. The zero-order valence-corrected chi connectivity index (χ0v) is 16.3. The molecule has 2 heterocycles. The minimum atomic E-state index is -0.943. The molecule has 1 amide bonds. The summed E-state index contributed by atoms with van der Waals surface area (Å²) in [7, 11) is 0. The number of aryl methyl sites for hydroxylation is 2. The molecule has 0 spiro atoms. The van der Waals surface area contributed by atoms with Crippen molar-refractivity contribution >= 4 is 17.7 Å². The molecular formula is C19H25N5O4. The molecular weight excluding hydrogens is 362 g/mol. The molecule has 0 saturated heterocycles. The first-order chi connectivity index (χ1) is 13.3. The van der Waals surface area contributed by atoms with Crippen molar-refractivity contribution in [3.63, 3.8) is 0 Å². The van der Waals surface area contributed by atoms with Crippen LogP contribution in [-0.4, -0.2) is 36.7 Å². The van der Waals surface area contributed by atoms with Crippen molar-refractivity contribution in [3.05, 3.63) is 33.4 Å². The van der Waals surface area contributed by atoms with Gasteiger partial charge in [-0.15, -0.1) is 0 Å². The van der Waals surface area contributed by atoms with Gasteiger partial charge in [0, 0.05) is 17.3 Å². The van der Waals surface area contributed by atoms with E-state index in [9.17, 15) is 19.5 Å². The number of nitrogens with zero attached hydrogens (tertiary/aromatic N) is 3. The molecule has 9 heteroatoms. The summed E-state index contributed by atoms with van der Waals surface area (Å²) in [5, 5.41) is 16.5. The van der Waals surface area contributed by atoms with Crippen LogP contribution in [0.1, 0.15) is 49.6 Å². The lowest BCUT2D eigenvalue weighted by molar-refractivity contribution is -0.147. The quantitative estimate of drug-likeness (QED) is 0.719. The number of carbonyl (C=O) groups is 2. The third-order valence-corrected chi connectivity index (χ3v) is 5.27. The fraction of sp³-hybridized carbons (Fsp3) is 0.526. The first-order valence-electron chi connectivity index (χ1n) is 9.52. The van der Waals surface area contributed by atoms with Crippen LogP contribution in [0.3, 0.4) is 0 Å². The van der Waals surface area contributed by atoms with E-state index < -0.39 is 17.8 Å². The van der Waals surface area contributed by atoms with Crippen LogP contribution < -0.4 is 10.9 Å². The van der Waals surface area contributed by atoms with Gasteiger partial charge in [0.25, 0.3) is 5.56 Å². The summed E-state index contributed by atoms with van der Waals surface area (Å²) in [4.78, 5) is 43.7. The van der Waals surface area contributed by atoms with Crippen LogP contribution in [0.5, 0.6) is 0 Å². The first-order valence-corrected chi connectivity index (χ1v) is 9.52. The van der Waals surface area contributed by atoms with Crippen molar-refractivity contribution in [2.75, 3.05) is 5.32 Å². The Labute approximate surface area is 162 Å². The van der Waals surface area contributed by atoms with Crippen LogP contribution in [0.15, 0.2) is 10.9 Å². The Morgan fingerprint density at radius 2 is 1.96 bits per heavy atom. The predicted octanol–water partition coefficient (Wildman–Crippen LogP) is 1.96. The average molecular weight is 387 g/mol. The van der Waals surface area contributed by atoms with E-state index in [0.29, 0.717) is 42.0 Å². The number of aromatic amines is 1. The predicted molar refractivity (Wildman–Crippen MR) is 103 cm³/mol. The molecule has 2 atom stereocenters. The van der Waals surface area contributed by atoms with E-state index in [4.69, 9.17) is 0 Å². The lowest BCUT2D eigenvalue weighted by Crippen LogP contribution is -2.36. The van der Waals surface area contributed by atoms with Crippen LogP contribution in [0.25, 0.3) is 5.95 Å². The van der Waals surface area contributed by atoms with Gasteiger partial charge in [0.05, 0.1) is 17.5 Å². The monoisotopic (exact) mass is 387 g/mol. The lowest BCUT2D eigenvalue weighted by atomic mass is 9.79. The topological polar surface area (TPSA) is 130 Å². The molecule has 3 rings (SSSR count). The first kappa shape index (κ1) is 19.8. The molecule has 150 valence electrons. The fourth-order valence-electron chi connectivity index (χ4n) is 3.82. The largest absolute Gasteiger partial charge is 0.481 e. The smallest absolute Gasteiger partial charge is 0.307 e. The minimum absolute atomic E-state index is 0.210. The summed E-state index contributed by atoms with van der Waals surface area (Å²) < 4.78 is 1.37. The highest BCUT2D eigenvalue weighted by atomic mass is 16.4. The van der Waals surface area contributed by atoms with Gasteiger partial charge in [-0.25, -0.2) is 4.98 Å². The summed E-state index contributed by atoms with van der Waals surface area (Å²) >= 11 is 0. The lowest BCUT2D eigenvalue weighted by Gasteiger charge is -2.27. The van der Waals surface area contributed by atoms with E-state index in [2.05, 4.69) is 20.4 Å². The Bertz CT molecular complexity index is 962. The Morgan fingerprint density at radius 1 is 1.29 bits per heavy atom. The van der Waals surface area contributed by atoms with E-state index in [1.165, 1.54) is 4.68 Å². The number of carboxylic acids is 1. The second-order valence-corrected chi connectivity index (χ2v) is 7.21. The molecule has 2 aromatic heterocycles. The van der Waals surface area contributed by atoms with E-state index in [-0.39, 0.29) is 17.4 Å². The van der Waals surface area contributed by atoms with Gasteiger partial charge in [0.2, 0.25) is 11.9 Å². The van der Waals surface area contributed by atoms with Crippen LogP contribution in [0.4, 0.5) is 5.82 Å². The molecule has 0 aliphatic heterocycles. The van der Waals surface area contributed by atoms with E-state index in [0.717, 1.165) is 12.8 Å². The number of hydrogen-bond donors (Lipinski definition) is 3. The SMILES string of the molecule is CCc1c(C)nc(-n2nc(C)cc2NC(=O)[C@H]2CCCC[C@@H]2C(=O)O)[nH]c1=O. The maximum absolute atomic E-state index is 12.8. The maximum Gasteiger partial charge on any atom is 0.307 e. The van der Waals surface area contributed by atoms with Crippen LogP contribution in [0.2, 0.25) is 0 Å². The van der Waals surface area contributed by atoms with Crippen molar-refractivity contribution < 1.29 is 14.7 Å². The van der Waals surface area contributed by atoms with E-state index in [1.54, 1.807) is 19.9 Å². The van der Waals surface area contributed by atoms with Crippen LogP contribution in [-0.2, 0) is 16.0 Å². The molecule has 9 nitrogen and oxygen atoms in total. The highest BCUT2D eigenvalue weighted by Gasteiger charge is 2.36. The summed E-state index contributed by atoms with van der Waals surface area (Å²) in [6, 6.07) is 1.67. The van der Waals surface area contributed by atoms with Crippen molar-refractivity contribution in [1.29, 1.82) is 0 Å². The Hall–Kier alpha value is -2.97. The van der Waals surface area contributed by atoms with Crippen LogP contribution in [0, 0.1) is 25.7 Å². The molecule has 0 radical (unpaired) electrons. The maximum atomic E-state index is 12.8. The molecule has 28 heavy (non-hydrogen) atoms. The number of carbonyl (C=O) groups excluding carboxylic acids is 1. The summed E-state index contributed by atoms with van der Waals surface area (Å²) in [5.41, 5.74) is 1.59. The zero-order chi connectivity index (χ0) is 20.4. The molecule has 1 aliphatic rings. The van der Waals surface area contributed by atoms with Crippen molar-refractivity contribution in [3.8, 4) is 5.95 Å². The van der Waals surface area contributed by atoms with Gasteiger partial charge in [-0.2, -0.15) is 9.78 Å². The molecule has 3 N–H and O–H groups in total. The number of hydrogen-bond acceptors (Lipinski definition) is 5. The summed E-state index contributed by atoms with van der Waals surface area (Å²) in [6.45, 7) is 5.40. The minimum Gasteiger partial charge on any atom is -0.481 e. The Balaban J connectivity index is 1.92. The molecule has 1 fully saturated rings.